The molecule has 0 saturated carbocycles. The second-order valence-electron chi connectivity index (χ2n) is 9.65. The van der Waals surface area contributed by atoms with Gasteiger partial charge in [-0.1, -0.05) is 20.8 Å². The number of methoxy groups -OCH3 is 4. The summed E-state index contributed by atoms with van der Waals surface area (Å²) in [5.74, 6) is 0.292. The Hall–Kier alpha value is -3.53. The molecule has 0 aromatic heterocycles. The fourth-order valence-corrected chi connectivity index (χ4v) is 4.97. The van der Waals surface area contributed by atoms with Crippen LogP contribution in [0.15, 0.2) is 41.9 Å². The van der Waals surface area contributed by atoms with Crippen LogP contribution in [0.4, 0.5) is 0 Å². The van der Waals surface area contributed by atoms with E-state index in [2.05, 4.69) is 44.3 Å². The fraction of sp³-hybridized carbons (Fsp3) is 0.552. The predicted octanol–water partition coefficient (Wildman–Crippen LogP) is 4.25. The molecule has 0 radical (unpaired) electrons. The van der Waals surface area contributed by atoms with E-state index in [4.69, 9.17) is 38.7 Å². The third kappa shape index (κ3) is 9.31. The van der Waals surface area contributed by atoms with Gasteiger partial charge in [-0.2, -0.15) is 0 Å². The van der Waals surface area contributed by atoms with Crippen LogP contribution in [0.2, 0.25) is 0 Å². The van der Waals surface area contributed by atoms with E-state index in [1.165, 1.54) is 5.56 Å². The van der Waals surface area contributed by atoms with Gasteiger partial charge in [0.1, 0.15) is 29.3 Å². The summed E-state index contributed by atoms with van der Waals surface area (Å²) in [5.41, 5.74) is 0.947. The van der Waals surface area contributed by atoms with E-state index in [1.807, 2.05) is 12.1 Å². The monoisotopic (exact) mass is 549 g/mol. The van der Waals surface area contributed by atoms with Crippen LogP contribution in [0, 0.1) is 17.3 Å². The third-order valence-electron chi connectivity index (χ3n) is 7.12. The zero-order valence-electron chi connectivity index (χ0n) is 24.0. The molecule has 0 spiro atoms. The SMILES string of the molecule is COC1=CC(CC=O)C(CCCNCC(C)c2cc(OC)cc(OC)c2)(C(C)C)C(OC)=C1.O=C(O)C(=O)O. The summed E-state index contributed by atoms with van der Waals surface area (Å²) < 4.78 is 22.1. The molecule has 0 bridgehead atoms. The zero-order chi connectivity index (χ0) is 29.6. The first-order valence-electron chi connectivity index (χ1n) is 12.9. The summed E-state index contributed by atoms with van der Waals surface area (Å²) in [6.07, 6.45) is 7.42. The number of benzene rings is 1. The van der Waals surface area contributed by atoms with Crippen molar-refractivity contribution in [2.24, 2.45) is 17.3 Å². The van der Waals surface area contributed by atoms with E-state index < -0.39 is 11.9 Å². The van der Waals surface area contributed by atoms with Crippen LogP contribution in [0.3, 0.4) is 0 Å². The maximum atomic E-state index is 11.5. The van der Waals surface area contributed by atoms with Crippen molar-refractivity contribution in [2.45, 2.75) is 46.0 Å². The number of carbonyl (C=O) groups excluding carboxylic acids is 1. The summed E-state index contributed by atoms with van der Waals surface area (Å²) in [6, 6.07) is 6.01. The molecular weight excluding hydrogens is 506 g/mol. The summed E-state index contributed by atoms with van der Waals surface area (Å²) in [7, 11) is 6.70. The first-order chi connectivity index (χ1) is 18.5. The Morgan fingerprint density at radius 3 is 2.00 bits per heavy atom. The normalized spacial score (nSPS) is 19.0. The Morgan fingerprint density at radius 1 is 0.974 bits per heavy atom. The van der Waals surface area contributed by atoms with Gasteiger partial charge in [-0.25, -0.2) is 9.59 Å². The van der Waals surface area contributed by atoms with Crippen LogP contribution in [-0.2, 0) is 23.9 Å². The fourth-order valence-electron chi connectivity index (χ4n) is 4.97. The van der Waals surface area contributed by atoms with E-state index in [0.29, 0.717) is 18.3 Å². The van der Waals surface area contributed by atoms with Crippen LogP contribution in [-0.4, -0.2) is 70.0 Å². The number of rotatable bonds is 14. The Bertz CT molecular complexity index is 984. The highest BCUT2D eigenvalue weighted by molar-refractivity contribution is 6.27. The number of hydrogen-bond acceptors (Lipinski definition) is 8. The van der Waals surface area contributed by atoms with E-state index in [9.17, 15) is 4.79 Å². The van der Waals surface area contributed by atoms with Crippen LogP contribution in [0.25, 0.3) is 0 Å². The molecule has 0 fully saturated rings. The van der Waals surface area contributed by atoms with Gasteiger partial charge in [0.05, 0.1) is 28.4 Å². The number of carbonyl (C=O) groups is 3. The summed E-state index contributed by atoms with van der Waals surface area (Å²) >= 11 is 0. The van der Waals surface area contributed by atoms with Gasteiger partial charge < -0.3 is 39.3 Å². The van der Waals surface area contributed by atoms with Gasteiger partial charge >= 0.3 is 11.9 Å². The molecule has 0 saturated heterocycles. The molecular formula is C29H43NO9. The minimum atomic E-state index is -1.82. The number of ether oxygens (including phenoxy) is 4. The maximum absolute atomic E-state index is 11.5. The van der Waals surface area contributed by atoms with E-state index in [1.54, 1.807) is 28.4 Å². The molecule has 0 aliphatic heterocycles. The van der Waals surface area contributed by atoms with Crippen LogP contribution >= 0.6 is 0 Å². The largest absolute Gasteiger partial charge is 0.500 e. The Labute approximate surface area is 231 Å². The van der Waals surface area contributed by atoms with Gasteiger partial charge in [-0.15, -0.1) is 0 Å². The molecule has 218 valence electrons. The number of carboxylic acid groups (broad SMARTS) is 2. The van der Waals surface area contributed by atoms with Crippen molar-refractivity contribution in [3.63, 3.8) is 0 Å². The molecule has 3 unspecified atom stereocenters. The number of hydrogen-bond donors (Lipinski definition) is 3. The molecule has 0 heterocycles. The minimum absolute atomic E-state index is 0.0491. The highest BCUT2D eigenvalue weighted by atomic mass is 16.5. The Morgan fingerprint density at radius 2 is 1.56 bits per heavy atom. The summed E-state index contributed by atoms with van der Waals surface area (Å²) in [4.78, 5) is 29.7. The van der Waals surface area contributed by atoms with Gasteiger partial charge in [0.2, 0.25) is 0 Å². The first-order valence-corrected chi connectivity index (χ1v) is 12.9. The second kappa shape index (κ2) is 16.4. The van der Waals surface area contributed by atoms with Crippen molar-refractivity contribution in [1.82, 2.24) is 5.32 Å². The molecule has 1 aliphatic carbocycles. The molecule has 0 amide bonds. The molecule has 10 nitrogen and oxygen atoms in total. The van der Waals surface area contributed by atoms with Crippen molar-refractivity contribution in [3.05, 3.63) is 47.4 Å². The van der Waals surface area contributed by atoms with Gasteiger partial charge in [-0.05, 0) is 55.0 Å². The summed E-state index contributed by atoms with van der Waals surface area (Å²) in [5, 5.41) is 18.4. The predicted molar refractivity (Wildman–Crippen MR) is 147 cm³/mol. The molecule has 2 rings (SSSR count). The second-order valence-corrected chi connectivity index (χ2v) is 9.65. The number of aliphatic carboxylic acids is 2. The quantitative estimate of drug-likeness (QED) is 0.175. The topological polar surface area (TPSA) is 141 Å². The zero-order valence-corrected chi connectivity index (χ0v) is 24.0. The number of carboxylic acids is 2. The standard InChI is InChI=1S/C27H41NO5.C2H2O4/c1-19(2)27(22(9-12-29)15-25(32-6)17-26(27)33-7)10-8-11-28-18-20(3)21-13-23(30-4)16-24(14-21)31-5;3-1(4)2(5)6/h12-17,19-20,22,28H,8-11,18H2,1-7H3;(H,3,4)(H,5,6). The smallest absolute Gasteiger partial charge is 0.414 e. The lowest BCUT2D eigenvalue weighted by atomic mass is 9.61. The van der Waals surface area contributed by atoms with Crippen LogP contribution < -0.4 is 14.8 Å². The molecule has 1 aromatic carbocycles. The van der Waals surface area contributed by atoms with Crippen LogP contribution in [0.5, 0.6) is 11.5 Å². The van der Waals surface area contributed by atoms with Crippen molar-refractivity contribution in [2.75, 3.05) is 41.5 Å². The molecule has 3 atom stereocenters. The lowest BCUT2D eigenvalue weighted by Gasteiger charge is -2.45. The van der Waals surface area contributed by atoms with Crippen molar-refractivity contribution < 1.29 is 43.5 Å². The van der Waals surface area contributed by atoms with E-state index in [-0.39, 0.29) is 11.3 Å². The lowest BCUT2D eigenvalue weighted by molar-refractivity contribution is -0.159. The molecule has 3 N–H and O–H groups in total. The molecule has 10 heteroatoms. The van der Waals surface area contributed by atoms with E-state index in [0.717, 1.165) is 55.2 Å². The van der Waals surface area contributed by atoms with Crippen molar-refractivity contribution in [1.29, 1.82) is 0 Å². The molecule has 39 heavy (non-hydrogen) atoms. The molecule has 1 aromatic rings. The number of nitrogens with one attached hydrogen (secondary N) is 1. The van der Waals surface area contributed by atoms with Crippen molar-refractivity contribution >= 4 is 18.2 Å². The van der Waals surface area contributed by atoms with Crippen molar-refractivity contribution in [3.8, 4) is 11.5 Å². The summed E-state index contributed by atoms with van der Waals surface area (Å²) in [6.45, 7) is 8.35. The number of allylic oxidation sites excluding steroid dienone is 3. The third-order valence-corrected chi connectivity index (χ3v) is 7.12. The van der Waals surface area contributed by atoms with Gasteiger partial charge in [0.25, 0.3) is 0 Å². The Kier molecular flexibility index (Phi) is 14.1. The minimum Gasteiger partial charge on any atom is -0.500 e. The first kappa shape index (κ1) is 33.5. The van der Waals surface area contributed by atoms with Gasteiger partial charge in [-0.3, -0.25) is 0 Å². The van der Waals surface area contributed by atoms with Gasteiger partial charge in [0, 0.05) is 36.4 Å². The molecule has 1 aliphatic rings. The number of aldehydes is 1. The van der Waals surface area contributed by atoms with Crippen LogP contribution in [0.1, 0.15) is 51.5 Å². The Balaban J connectivity index is 0.00000113. The maximum Gasteiger partial charge on any atom is 0.414 e. The van der Waals surface area contributed by atoms with E-state index >= 15 is 0 Å². The average Bonchev–Trinajstić information content (AvgIpc) is 2.92. The average molecular weight is 550 g/mol. The highest BCUT2D eigenvalue weighted by Crippen LogP contribution is 2.51. The van der Waals surface area contributed by atoms with Gasteiger partial charge in [0.15, 0.2) is 0 Å². The highest BCUT2D eigenvalue weighted by Gasteiger charge is 2.46. The lowest BCUT2D eigenvalue weighted by Crippen LogP contribution is -2.40.